The van der Waals surface area contributed by atoms with Crippen molar-refractivity contribution in [3.63, 3.8) is 0 Å². The molecule has 5 nitrogen and oxygen atoms in total. The number of hydrogen-bond donors (Lipinski definition) is 2. The molecule has 2 aromatic rings. The number of guanidine groups is 1. The molecule has 1 aliphatic rings. The number of rotatable bonds is 8. The molecule has 1 aliphatic heterocycles. The van der Waals surface area contributed by atoms with Crippen molar-refractivity contribution in [3.05, 3.63) is 71.3 Å². The van der Waals surface area contributed by atoms with Gasteiger partial charge in [0.05, 0.1) is 19.3 Å². The molecule has 0 spiro atoms. The van der Waals surface area contributed by atoms with Gasteiger partial charge in [0.1, 0.15) is 0 Å². The fourth-order valence-electron chi connectivity index (χ4n) is 3.11. The summed E-state index contributed by atoms with van der Waals surface area (Å²) < 4.78 is 11.5. The lowest BCUT2D eigenvalue weighted by Gasteiger charge is -2.15. The molecule has 0 saturated carbocycles. The average Bonchev–Trinajstić information content (AvgIpc) is 3.23. The first-order valence-corrected chi connectivity index (χ1v) is 9.59. The molecule has 3 rings (SSSR count). The highest BCUT2D eigenvalue weighted by Crippen LogP contribution is 2.11. The van der Waals surface area contributed by atoms with Gasteiger partial charge in [0.2, 0.25) is 0 Å². The van der Waals surface area contributed by atoms with Crippen LogP contribution in [0.2, 0.25) is 0 Å². The highest BCUT2D eigenvalue weighted by Gasteiger charge is 2.15. The molecule has 1 unspecified atom stereocenters. The van der Waals surface area contributed by atoms with Gasteiger partial charge in [0.15, 0.2) is 5.96 Å². The van der Waals surface area contributed by atoms with Crippen LogP contribution in [0, 0.1) is 0 Å². The molecule has 144 valence electrons. The summed E-state index contributed by atoms with van der Waals surface area (Å²) >= 11 is 0. The molecule has 27 heavy (non-hydrogen) atoms. The zero-order valence-electron chi connectivity index (χ0n) is 16.0. The molecule has 2 N–H and O–H groups in total. The molecular weight excluding hydrogens is 338 g/mol. The maximum absolute atomic E-state index is 5.83. The van der Waals surface area contributed by atoms with Crippen molar-refractivity contribution in [2.24, 2.45) is 4.99 Å². The van der Waals surface area contributed by atoms with Gasteiger partial charge in [-0.25, -0.2) is 0 Å². The third-order valence-corrected chi connectivity index (χ3v) is 4.58. The van der Waals surface area contributed by atoms with Gasteiger partial charge in [0, 0.05) is 26.7 Å². The second kappa shape index (κ2) is 10.7. The van der Waals surface area contributed by atoms with Crippen LogP contribution in [0.3, 0.4) is 0 Å². The van der Waals surface area contributed by atoms with Crippen molar-refractivity contribution >= 4 is 5.96 Å². The highest BCUT2D eigenvalue weighted by molar-refractivity contribution is 5.79. The van der Waals surface area contributed by atoms with Gasteiger partial charge >= 0.3 is 0 Å². The Balaban J connectivity index is 1.42. The molecule has 0 radical (unpaired) electrons. The zero-order valence-corrected chi connectivity index (χ0v) is 16.0. The molecule has 0 aromatic heterocycles. The average molecular weight is 367 g/mol. The minimum absolute atomic E-state index is 0.300. The third-order valence-electron chi connectivity index (χ3n) is 4.58. The van der Waals surface area contributed by atoms with Crippen molar-refractivity contribution in [3.8, 4) is 0 Å². The Bertz CT molecular complexity index is 713. The predicted octanol–water partition coefficient (Wildman–Crippen LogP) is 3.25. The molecule has 1 atom stereocenters. The maximum atomic E-state index is 5.83. The van der Waals surface area contributed by atoms with E-state index < -0.39 is 0 Å². The first-order valence-electron chi connectivity index (χ1n) is 9.59. The third kappa shape index (κ3) is 6.70. The van der Waals surface area contributed by atoms with E-state index in [1.165, 1.54) is 16.7 Å². The molecule has 1 heterocycles. The second-order valence-corrected chi connectivity index (χ2v) is 6.74. The van der Waals surface area contributed by atoms with E-state index in [2.05, 4.69) is 52.0 Å². The summed E-state index contributed by atoms with van der Waals surface area (Å²) in [6.07, 6.45) is 2.57. The fourth-order valence-corrected chi connectivity index (χ4v) is 3.11. The fraction of sp³-hybridized carbons (Fsp3) is 0.409. The molecule has 2 aromatic carbocycles. The van der Waals surface area contributed by atoms with Crippen molar-refractivity contribution in [2.45, 2.75) is 38.7 Å². The molecule has 1 fully saturated rings. The summed E-state index contributed by atoms with van der Waals surface area (Å²) in [4.78, 5) is 4.28. The number of benzene rings is 2. The SMILES string of the molecule is CN=C(NCc1cccc(COCc2ccccc2)c1)NCC1CCCO1. The number of hydrogen-bond acceptors (Lipinski definition) is 3. The maximum Gasteiger partial charge on any atom is 0.191 e. The van der Waals surface area contributed by atoms with Crippen LogP contribution in [0.5, 0.6) is 0 Å². The van der Waals surface area contributed by atoms with Crippen molar-refractivity contribution in [1.29, 1.82) is 0 Å². The van der Waals surface area contributed by atoms with E-state index in [9.17, 15) is 0 Å². The molecular formula is C22H29N3O2. The summed E-state index contributed by atoms with van der Waals surface area (Å²) in [6, 6.07) is 18.7. The van der Waals surface area contributed by atoms with Crippen LogP contribution in [-0.2, 0) is 29.2 Å². The lowest BCUT2D eigenvalue weighted by molar-refractivity contribution is 0.107. The van der Waals surface area contributed by atoms with Crippen LogP contribution in [0.4, 0.5) is 0 Å². The lowest BCUT2D eigenvalue weighted by atomic mass is 10.1. The van der Waals surface area contributed by atoms with Crippen molar-refractivity contribution in [2.75, 3.05) is 20.2 Å². The number of ether oxygens (including phenoxy) is 2. The van der Waals surface area contributed by atoms with Crippen LogP contribution in [0.25, 0.3) is 0 Å². The van der Waals surface area contributed by atoms with Crippen LogP contribution in [0.15, 0.2) is 59.6 Å². The molecule has 0 aliphatic carbocycles. The van der Waals surface area contributed by atoms with E-state index in [0.717, 1.165) is 38.5 Å². The first-order chi connectivity index (χ1) is 13.3. The zero-order chi connectivity index (χ0) is 18.7. The first kappa shape index (κ1) is 19.4. The Morgan fingerprint density at radius 1 is 1.04 bits per heavy atom. The monoisotopic (exact) mass is 367 g/mol. The smallest absolute Gasteiger partial charge is 0.191 e. The quantitative estimate of drug-likeness (QED) is 0.555. The van der Waals surface area contributed by atoms with Crippen molar-refractivity contribution in [1.82, 2.24) is 10.6 Å². The minimum atomic E-state index is 0.300. The lowest BCUT2D eigenvalue weighted by Crippen LogP contribution is -2.40. The van der Waals surface area contributed by atoms with E-state index >= 15 is 0 Å². The highest BCUT2D eigenvalue weighted by atomic mass is 16.5. The standard InChI is InChI=1S/C22H29N3O2/c1-23-22(25-15-21-11-6-12-27-21)24-14-19-9-5-10-20(13-19)17-26-16-18-7-3-2-4-8-18/h2-5,7-10,13,21H,6,11-12,14-17H2,1H3,(H2,23,24,25). The van der Waals surface area contributed by atoms with E-state index in [4.69, 9.17) is 9.47 Å². The summed E-state index contributed by atoms with van der Waals surface area (Å²) in [5, 5.41) is 6.70. The Hall–Kier alpha value is -2.37. The van der Waals surface area contributed by atoms with Crippen LogP contribution >= 0.6 is 0 Å². The molecule has 0 amide bonds. The Kier molecular flexibility index (Phi) is 7.69. The van der Waals surface area contributed by atoms with E-state index in [1.807, 2.05) is 18.2 Å². The van der Waals surface area contributed by atoms with E-state index in [-0.39, 0.29) is 0 Å². The largest absolute Gasteiger partial charge is 0.376 e. The summed E-state index contributed by atoms with van der Waals surface area (Å²) in [6.45, 7) is 3.63. The number of nitrogens with zero attached hydrogens (tertiary/aromatic N) is 1. The molecule has 1 saturated heterocycles. The van der Waals surface area contributed by atoms with Gasteiger partial charge in [-0.05, 0) is 29.5 Å². The second-order valence-electron chi connectivity index (χ2n) is 6.74. The summed E-state index contributed by atoms with van der Waals surface area (Å²) in [7, 11) is 1.79. The summed E-state index contributed by atoms with van der Waals surface area (Å²) in [5.74, 6) is 0.802. The molecule has 5 heteroatoms. The van der Waals surface area contributed by atoms with E-state index in [0.29, 0.717) is 19.3 Å². The Morgan fingerprint density at radius 2 is 1.81 bits per heavy atom. The van der Waals surface area contributed by atoms with Gasteiger partial charge in [-0.15, -0.1) is 0 Å². The van der Waals surface area contributed by atoms with Gasteiger partial charge in [-0.1, -0.05) is 54.6 Å². The van der Waals surface area contributed by atoms with Crippen LogP contribution in [0.1, 0.15) is 29.5 Å². The van der Waals surface area contributed by atoms with Gasteiger partial charge in [0.25, 0.3) is 0 Å². The van der Waals surface area contributed by atoms with Gasteiger partial charge < -0.3 is 20.1 Å². The number of aliphatic imine (C=N–C) groups is 1. The predicted molar refractivity (Wildman–Crippen MR) is 109 cm³/mol. The van der Waals surface area contributed by atoms with Gasteiger partial charge in [-0.2, -0.15) is 0 Å². The van der Waals surface area contributed by atoms with Crippen molar-refractivity contribution < 1.29 is 9.47 Å². The summed E-state index contributed by atoms with van der Waals surface area (Å²) in [5.41, 5.74) is 3.57. The van der Waals surface area contributed by atoms with E-state index in [1.54, 1.807) is 7.05 Å². The van der Waals surface area contributed by atoms with Gasteiger partial charge in [-0.3, -0.25) is 4.99 Å². The van der Waals surface area contributed by atoms with Crippen LogP contribution < -0.4 is 10.6 Å². The number of nitrogens with one attached hydrogen (secondary N) is 2. The minimum Gasteiger partial charge on any atom is -0.376 e. The Labute approximate surface area is 161 Å². The topological polar surface area (TPSA) is 54.9 Å². The Morgan fingerprint density at radius 3 is 2.59 bits per heavy atom. The van der Waals surface area contributed by atoms with Crippen LogP contribution in [-0.4, -0.2) is 32.3 Å². The normalized spacial score (nSPS) is 17.1. The molecule has 0 bridgehead atoms.